The smallest absolute Gasteiger partial charge is 0.180 e. The van der Waals surface area contributed by atoms with Crippen LogP contribution in [0.3, 0.4) is 0 Å². The van der Waals surface area contributed by atoms with E-state index < -0.39 is 0 Å². The van der Waals surface area contributed by atoms with Crippen LogP contribution in [0.1, 0.15) is 37.8 Å². The molecule has 1 saturated heterocycles. The highest BCUT2D eigenvalue weighted by molar-refractivity contribution is 6.32. The molecule has 1 heterocycles. The van der Waals surface area contributed by atoms with E-state index in [1.165, 1.54) is 31.5 Å². The molecule has 164 valence electrons. The van der Waals surface area contributed by atoms with Crippen LogP contribution in [-0.4, -0.2) is 37.2 Å². The standard InChI is InChI=1S/C23H29Cl2FN2O2/c1-3-28-9-5-6-19(28)14-27-13-16-10-21(25)23(22(11-16)29-4-2)30-15-17-7-8-18(26)12-20(17)24/h7-8,10-12,19,27H,3-6,9,13-15H2,1-2H3/t19-/m0/s1. The molecule has 1 aliphatic heterocycles. The maximum Gasteiger partial charge on any atom is 0.180 e. The Labute approximate surface area is 188 Å². The summed E-state index contributed by atoms with van der Waals surface area (Å²) < 4.78 is 24.9. The maximum atomic E-state index is 13.3. The quantitative estimate of drug-likeness (QED) is 0.500. The summed E-state index contributed by atoms with van der Waals surface area (Å²) in [5.41, 5.74) is 1.72. The predicted octanol–water partition coefficient (Wildman–Crippen LogP) is 5.68. The van der Waals surface area contributed by atoms with Gasteiger partial charge >= 0.3 is 0 Å². The van der Waals surface area contributed by atoms with Crippen molar-refractivity contribution in [1.29, 1.82) is 0 Å². The highest BCUT2D eigenvalue weighted by atomic mass is 35.5. The lowest BCUT2D eigenvalue weighted by Gasteiger charge is -2.23. The number of benzene rings is 2. The Balaban J connectivity index is 1.65. The predicted molar refractivity (Wildman–Crippen MR) is 120 cm³/mol. The summed E-state index contributed by atoms with van der Waals surface area (Å²) in [5.74, 6) is 0.681. The molecule has 0 spiro atoms. The van der Waals surface area contributed by atoms with E-state index in [1.807, 2.05) is 19.1 Å². The molecule has 2 aromatic rings. The van der Waals surface area contributed by atoms with E-state index in [0.29, 0.717) is 46.3 Å². The van der Waals surface area contributed by atoms with Crippen molar-refractivity contribution in [3.63, 3.8) is 0 Å². The average Bonchev–Trinajstić information content (AvgIpc) is 3.16. The van der Waals surface area contributed by atoms with E-state index in [0.717, 1.165) is 18.7 Å². The van der Waals surface area contributed by atoms with Crippen LogP contribution in [0.4, 0.5) is 4.39 Å². The molecule has 0 aromatic heterocycles. The third-order valence-electron chi connectivity index (χ3n) is 5.37. The zero-order valence-electron chi connectivity index (χ0n) is 17.5. The number of rotatable bonds is 10. The molecule has 0 amide bonds. The van der Waals surface area contributed by atoms with Crippen molar-refractivity contribution in [2.75, 3.05) is 26.2 Å². The van der Waals surface area contributed by atoms with E-state index in [1.54, 1.807) is 6.07 Å². The van der Waals surface area contributed by atoms with E-state index in [9.17, 15) is 4.39 Å². The fourth-order valence-corrected chi connectivity index (χ4v) is 4.35. The second kappa shape index (κ2) is 11.2. The Bertz CT molecular complexity index is 850. The Morgan fingerprint density at radius 3 is 2.70 bits per heavy atom. The minimum absolute atomic E-state index is 0.172. The monoisotopic (exact) mass is 454 g/mol. The number of likely N-dealkylation sites (tertiary alicyclic amines) is 1. The van der Waals surface area contributed by atoms with Crippen LogP contribution < -0.4 is 14.8 Å². The normalized spacial score (nSPS) is 16.8. The van der Waals surface area contributed by atoms with E-state index in [2.05, 4.69) is 17.1 Å². The first kappa shape index (κ1) is 23.1. The van der Waals surface area contributed by atoms with E-state index >= 15 is 0 Å². The van der Waals surface area contributed by atoms with Crippen LogP contribution in [0.15, 0.2) is 30.3 Å². The third-order valence-corrected chi connectivity index (χ3v) is 6.00. The molecule has 2 aromatic carbocycles. The van der Waals surface area contributed by atoms with Gasteiger partial charge in [-0.3, -0.25) is 4.90 Å². The lowest BCUT2D eigenvalue weighted by Crippen LogP contribution is -2.37. The van der Waals surface area contributed by atoms with Crippen molar-refractivity contribution in [3.05, 3.63) is 57.3 Å². The van der Waals surface area contributed by atoms with E-state index in [4.69, 9.17) is 32.7 Å². The highest BCUT2D eigenvalue weighted by Gasteiger charge is 2.22. The summed E-state index contributed by atoms with van der Waals surface area (Å²) in [6.45, 7) is 8.74. The van der Waals surface area contributed by atoms with Crippen LogP contribution in [0.5, 0.6) is 11.5 Å². The molecule has 7 heteroatoms. The van der Waals surface area contributed by atoms with Gasteiger partial charge in [-0.15, -0.1) is 0 Å². The van der Waals surface area contributed by atoms with Crippen molar-refractivity contribution in [1.82, 2.24) is 10.2 Å². The fourth-order valence-electron chi connectivity index (χ4n) is 3.84. The van der Waals surface area contributed by atoms with Gasteiger partial charge in [0.15, 0.2) is 11.5 Å². The average molecular weight is 455 g/mol. The van der Waals surface area contributed by atoms with E-state index in [-0.39, 0.29) is 12.4 Å². The van der Waals surface area contributed by atoms with Crippen LogP contribution >= 0.6 is 23.2 Å². The number of nitrogens with one attached hydrogen (secondary N) is 1. The molecular formula is C23H29Cl2FN2O2. The zero-order chi connectivity index (χ0) is 21.5. The number of nitrogens with zero attached hydrogens (tertiary/aromatic N) is 1. The largest absolute Gasteiger partial charge is 0.490 e. The van der Waals surface area contributed by atoms with Crippen molar-refractivity contribution in [2.24, 2.45) is 0 Å². The molecule has 0 saturated carbocycles. The van der Waals surface area contributed by atoms with Gasteiger partial charge in [0.25, 0.3) is 0 Å². The second-order valence-corrected chi connectivity index (χ2v) is 8.23. The molecule has 1 atom stereocenters. The molecular weight excluding hydrogens is 426 g/mol. The topological polar surface area (TPSA) is 33.7 Å². The molecule has 0 radical (unpaired) electrons. The second-order valence-electron chi connectivity index (χ2n) is 7.42. The Hall–Kier alpha value is -1.53. The van der Waals surface area contributed by atoms with Gasteiger partial charge < -0.3 is 14.8 Å². The molecule has 30 heavy (non-hydrogen) atoms. The Morgan fingerprint density at radius 1 is 1.13 bits per heavy atom. The van der Waals surface area contributed by atoms with Gasteiger partial charge in [0.1, 0.15) is 12.4 Å². The summed E-state index contributed by atoms with van der Waals surface area (Å²) in [6, 6.07) is 8.67. The van der Waals surface area contributed by atoms with Crippen LogP contribution in [0.2, 0.25) is 10.0 Å². The first-order valence-electron chi connectivity index (χ1n) is 10.5. The molecule has 3 rings (SSSR count). The van der Waals surface area contributed by atoms with Crippen molar-refractivity contribution in [2.45, 2.75) is 45.9 Å². The van der Waals surface area contributed by atoms with Gasteiger partial charge in [-0.25, -0.2) is 4.39 Å². The molecule has 0 bridgehead atoms. The minimum Gasteiger partial charge on any atom is -0.490 e. The molecule has 0 unspecified atom stereocenters. The van der Waals surface area contributed by atoms with Gasteiger partial charge in [-0.05, 0) is 62.7 Å². The minimum atomic E-state index is -0.381. The Morgan fingerprint density at radius 2 is 1.97 bits per heavy atom. The first-order chi connectivity index (χ1) is 14.5. The number of halogens is 3. The fraction of sp³-hybridized carbons (Fsp3) is 0.478. The molecule has 1 aliphatic rings. The van der Waals surface area contributed by atoms with Gasteiger partial charge in [-0.1, -0.05) is 36.2 Å². The molecule has 1 fully saturated rings. The number of likely N-dealkylation sites (N-methyl/N-ethyl adjacent to an activating group) is 1. The number of hydrogen-bond acceptors (Lipinski definition) is 4. The number of ether oxygens (including phenoxy) is 2. The van der Waals surface area contributed by atoms with Gasteiger partial charge in [0, 0.05) is 24.7 Å². The van der Waals surface area contributed by atoms with Crippen LogP contribution in [0.25, 0.3) is 0 Å². The lowest BCUT2D eigenvalue weighted by atomic mass is 10.1. The Kier molecular flexibility index (Phi) is 8.63. The molecule has 0 aliphatic carbocycles. The van der Waals surface area contributed by atoms with Crippen molar-refractivity contribution < 1.29 is 13.9 Å². The third kappa shape index (κ3) is 6.01. The van der Waals surface area contributed by atoms with Gasteiger partial charge in [-0.2, -0.15) is 0 Å². The zero-order valence-corrected chi connectivity index (χ0v) is 19.0. The summed E-state index contributed by atoms with van der Waals surface area (Å²) in [5, 5.41) is 4.34. The van der Waals surface area contributed by atoms with Crippen LogP contribution in [-0.2, 0) is 13.2 Å². The molecule has 4 nitrogen and oxygen atoms in total. The summed E-state index contributed by atoms with van der Waals surface area (Å²) in [6.07, 6.45) is 2.51. The van der Waals surface area contributed by atoms with Gasteiger partial charge in [0.05, 0.1) is 16.7 Å². The first-order valence-corrected chi connectivity index (χ1v) is 11.2. The van der Waals surface area contributed by atoms with Crippen molar-refractivity contribution >= 4 is 23.2 Å². The SMILES string of the molecule is CCOc1cc(CNC[C@@H]2CCCN2CC)cc(Cl)c1OCc1ccc(F)cc1Cl. The maximum absolute atomic E-state index is 13.3. The van der Waals surface area contributed by atoms with Crippen LogP contribution in [0, 0.1) is 5.82 Å². The summed E-state index contributed by atoms with van der Waals surface area (Å²) in [7, 11) is 0. The summed E-state index contributed by atoms with van der Waals surface area (Å²) >= 11 is 12.6. The number of hydrogen-bond donors (Lipinski definition) is 1. The summed E-state index contributed by atoms with van der Waals surface area (Å²) in [4.78, 5) is 2.52. The molecule has 1 N–H and O–H groups in total. The van der Waals surface area contributed by atoms with Gasteiger partial charge in [0.2, 0.25) is 0 Å². The highest BCUT2D eigenvalue weighted by Crippen LogP contribution is 2.37. The van der Waals surface area contributed by atoms with Crippen molar-refractivity contribution in [3.8, 4) is 11.5 Å². The lowest BCUT2D eigenvalue weighted by molar-refractivity contribution is 0.259.